The van der Waals surface area contributed by atoms with Gasteiger partial charge in [-0.25, -0.2) is 14.3 Å². The highest BCUT2D eigenvalue weighted by atomic mass is 16.5. The fraction of sp³-hybridized carbons (Fsp3) is 0.415. The molecule has 1 atom stereocenters. The molecule has 1 unspecified atom stereocenters. The van der Waals surface area contributed by atoms with E-state index in [0.29, 0.717) is 92.3 Å². The first kappa shape index (κ1) is 37.8. The standard InChI is InChI=1S/C41H44N12O6/c1-24-19-27(45-41(58)46-30-22-42-32-13-14-44-53(32)37(30)25-7-8-25)21-43-36(24)38-48-34(59-49-38)5-3-2-4-6-35(55)51-17-15-50(16-18-51)28-9-10-29-26(20-28)23-52(40(29)57)31-11-12-33(54)47-39(31)56/h9-10,13-14,19-22,25,31H,2-8,11-12,15-18,23H2,1H3,(H2,45,46,58)(H,47,54,56). The minimum Gasteiger partial charge on any atom is -0.368 e. The number of hydrogen-bond acceptors (Lipinski definition) is 12. The number of anilines is 3. The van der Waals surface area contributed by atoms with Crippen LogP contribution < -0.4 is 20.9 Å². The van der Waals surface area contributed by atoms with Crippen LogP contribution in [0.2, 0.25) is 0 Å². The molecular weight excluding hydrogens is 757 g/mol. The van der Waals surface area contributed by atoms with Crippen molar-refractivity contribution in [1.29, 1.82) is 0 Å². The quantitative estimate of drug-likeness (QED) is 0.120. The molecule has 4 aliphatic rings. The monoisotopic (exact) mass is 800 g/mol. The van der Waals surface area contributed by atoms with Crippen LogP contribution in [-0.4, -0.2) is 101 Å². The molecule has 6 amide bonds. The number of aryl methyl sites for hydroxylation is 2. The van der Waals surface area contributed by atoms with E-state index in [9.17, 15) is 24.0 Å². The summed E-state index contributed by atoms with van der Waals surface area (Å²) in [5.41, 5.74) is 6.61. The van der Waals surface area contributed by atoms with E-state index in [1.807, 2.05) is 42.2 Å². The number of unbranched alkanes of at least 4 members (excludes halogenated alkanes) is 2. The minimum absolute atomic E-state index is 0.136. The number of piperazine rings is 1. The SMILES string of the molecule is Cc1cc(NC(=O)Nc2cnc3ccnn3c2C2CC2)cnc1-c1noc(CCCCCC(=O)N2CCN(c3ccc4c(c3)CN(C3CCC(=O)NC3=O)C4=O)CC2)n1. The summed E-state index contributed by atoms with van der Waals surface area (Å²) < 4.78 is 7.30. The predicted molar refractivity (Wildman–Crippen MR) is 213 cm³/mol. The number of amides is 6. The van der Waals surface area contributed by atoms with Crippen LogP contribution in [0.3, 0.4) is 0 Å². The largest absolute Gasteiger partial charge is 0.368 e. The van der Waals surface area contributed by atoms with Gasteiger partial charge in [-0.1, -0.05) is 11.6 Å². The number of benzene rings is 1. The molecule has 1 aromatic carbocycles. The third-order valence-corrected chi connectivity index (χ3v) is 11.5. The number of piperidine rings is 1. The number of fused-ring (bicyclic) bond motifs is 2. The second-order valence-corrected chi connectivity index (χ2v) is 15.6. The van der Waals surface area contributed by atoms with Gasteiger partial charge < -0.3 is 29.9 Å². The molecule has 0 bridgehead atoms. The molecule has 3 aliphatic heterocycles. The molecule has 3 fully saturated rings. The van der Waals surface area contributed by atoms with Crippen LogP contribution >= 0.6 is 0 Å². The maximum atomic E-state index is 13.1. The summed E-state index contributed by atoms with van der Waals surface area (Å²) in [5, 5.41) is 16.6. The lowest BCUT2D eigenvalue weighted by Gasteiger charge is -2.36. The van der Waals surface area contributed by atoms with E-state index < -0.39 is 18.0 Å². The maximum absolute atomic E-state index is 13.1. The van der Waals surface area contributed by atoms with Crippen LogP contribution in [0, 0.1) is 6.92 Å². The zero-order valence-electron chi connectivity index (χ0n) is 32.6. The third-order valence-electron chi connectivity index (χ3n) is 11.5. The van der Waals surface area contributed by atoms with Crippen molar-refractivity contribution in [2.24, 2.45) is 0 Å². The van der Waals surface area contributed by atoms with E-state index in [4.69, 9.17) is 4.52 Å². The first-order chi connectivity index (χ1) is 28.7. The lowest BCUT2D eigenvalue weighted by atomic mass is 10.0. The lowest BCUT2D eigenvalue weighted by Crippen LogP contribution is -2.52. The molecule has 1 saturated carbocycles. The van der Waals surface area contributed by atoms with E-state index in [0.717, 1.165) is 60.3 Å². The van der Waals surface area contributed by atoms with Crippen molar-refractivity contribution in [1.82, 2.24) is 44.8 Å². The summed E-state index contributed by atoms with van der Waals surface area (Å²) in [5.74, 6) is 0.435. The van der Waals surface area contributed by atoms with Gasteiger partial charge in [-0.2, -0.15) is 10.1 Å². The highest BCUT2D eigenvalue weighted by molar-refractivity contribution is 6.05. The topological polar surface area (TPSA) is 213 Å². The molecule has 3 N–H and O–H groups in total. The summed E-state index contributed by atoms with van der Waals surface area (Å²) in [6, 6.07) is 8.34. The minimum atomic E-state index is -0.642. The Morgan fingerprint density at radius 3 is 2.59 bits per heavy atom. The van der Waals surface area contributed by atoms with Crippen molar-refractivity contribution in [3.8, 4) is 11.5 Å². The Kier molecular flexibility index (Phi) is 10.2. The Hall–Kier alpha value is -6.72. The second kappa shape index (κ2) is 15.9. The molecule has 1 aliphatic carbocycles. The average Bonchev–Trinajstić information content (AvgIpc) is 3.59. The van der Waals surface area contributed by atoms with Crippen molar-refractivity contribution in [2.75, 3.05) is 41.7 Å². The van der Waals surface area contributed by atoms with E-state index in [2.05, 4.69) is 46.1 Å². The van der Waals surface area contributed by atoms with Gasteiger partial charge in [-0.15, -0.1) is 0 Å². The van der Waals surface area contributed by atoms with Crippen molar-refractivity contribution in [2.45, 2.75) is 83.2 Å². The van der Waals surface area contributed by atoms with Gasteiger partial charge in [0.2, 0.25) is 29.4 Å². The highest BCUT2D eigenvalue weighted by Gasteiger charge is 2.39. The van der Waals surface area contributed by atoms with Gasteiger partial charge in [0.15, 0.2) is 5.65 Å². The first-order valence-corrected chi connectivity index (χ1v) is 20.2. The second-order valence-electron chi connectivity index (χ2n) is 15.6. The van der Waals surface area contributed by atoms with Gasteiger partial charge in [0.05, 0.1) is 35.7 Å². The fourth-order valence-electron chi connectivity index (χ4n) is 8.21. The van der Waals surface area contributed by atoms with Crippen molar-refractivity contribution < 1.29 is 28.5 Å². The maximum Gasteiger partial charge on any atom is 0.323 e. The first-order valence-electron chi connectivity index (χ1n) is 20.2. The Balaban J connectivity index is 0.697. The zero-order chi connectivity index (χ0) is 40.6. The smallest absolute Gasteiger partial charge is 0.323 e. The molecule has 4 aromatic heterocycles. The number of hydrogen-bond donors (Lipinski definition) is 3. The number of nitrogens with one attached hydrogen (secondary N) is 3. The van der Waals surface area contributed by atoms with Crippen LogP contribution in [-0.2, 0) is 27.3 Å². The van der Waals surface area contributed by atoms with Gasteiger partial charge in [0, 0.05) is 75.2 Å². The molecule has 9 rings (SSSR count). The van der Waals surface area contributed by atoms with Gasteiger partial charge in [-0.05, 0) is 74.4 Å². The molecule has 7 heterocycles. The van der Waals surface area contributed by atoms with E-state index >= 15 is 0 Å². The summed E-state index contributed by atoms with van der Waals surface area (Å²) >= 11 is 0. The van der Waals surface area contributed by atoms with Crippen molar-refractivity contribution in [3.63, 3.8) is 0 Å². The molecule has 59 heavy (non-hydrogen) atoms. The molecule has 5 aromatic rings. The van der Waals surface area contributed by atoms with Crippen LogP contribution in [0.5, 0.6) is 0 Å². The van der Waals surface area contributed by atoms with E-state index in [-0.39, 0.29) is 24.1 Å². The molecule has 18 heteroatoms. The Morgan fingerprint density at radius 2 is 1.80 bits per heavy atom. The number of carbonyl (C=O) groups is 5. The summed E-state index contributed by atoms with van der Waals surface area (Å²) in [6.07, 6.45) is 11.0. The van der Waals surface area contributed by atoms with E-state index in [1.165, 1.54) is 0 Å². The van der Waals surface area contributed by atoms with Crippen molar-refractivity contribution >= 4 is 52.4 Å². The fourth-order valence-corrected chi connectivity index (χ4v) is 8.21. The molecule has 0 spiro atoms. The number of urea groups is 1. The van der Waals surface area contributed by atoms with Gasteiger partial charge in [0.25, 0.3) is 5.91 Å². The highest BCUT2D eigenvalue weighted by Crippen LogP contribution is 2.43. The number of nitrogens with zero attached hydrogens (tertiary/aromatic N) is 9. The predicted octanol–water partition coefficient (Wildman–Crippen LogP) is 4.22. The van der Waals surface area contributed by atoms with Gasteiger partial charge in [0.1, 0.15) is 11.7 Å². The van der Waals surface area contributed by atoms with Crippen LogP contribution in [0.1, 0.15) is 90.4 Å². The van der Waals surface area contributed by atoms with Gasteiger partial charge >= 0.3 is 6.03 Å². The van der Waals surface area contributed by atoms with Gasteiger partial charge in [-0.3, -0.25) is 29.5 Å². The average molecular weight is 801 g/mol. The number of imide groups is 1. The van der Waals surface area contributed by atoms with Crippen molar-refractivity contribution in [3.05, 3.63) is 77.2 Å². The number of aromatic nitrogens is 6. The molecule has 304 valence electrons. The summed E-state index contributed by atoms with van der Waals surface area (Å²) in [7, 11) is 0. The molecule has 18 nitrogen and oxygen atoms in total. The Labute approximate surface area is 338 Å². The number of rotatable bonds is 12. The van der Waals surface area contributed by atoms with Crippen LogP contribution in [0.4, 0.5) is 21.9 Å². The normalized spacial score (nSPS) is 18.0. The Morgan fingerprint density at radius 1 is 0.949 bits per heavy atom. The summed E-state index contributed by atoms with van der Waals surface area (Å²) in [6.45, 7) is 4.79. The van der Waals surface area contributed by atoms with Crippen LogP contribution in [0.15, 0.2) is 53.4 Å². The van der Waals surface area contributed by atoms with Crippen LogP contribution in [0.25, 0.3) is 17.2 Å². The number of carbonyl (C=O) groups excluding carboxylic acids is 5. The Bertz CT molecular complexity index is 2470. The number of pyridine rings is 1. The zero-order valence-corrected chi connectivity index (χ0v) is 32.6. The molecule has 2 saturated heterocycles. The third kappa shape index (κ3) is 7.93. The molecule has 0 radical (unpaired) electrons. The lowest BCUT2D eigenvalue weighted by molar-refractivity contribution is -0.137. The summed E-state index contributed by atoms with van der Waals surface area (Å²) in [4.78, 5) is 82.2. The van der Waals surface area contributed by atoms with E-state index in [1.54, 1.807) is 28.0 Å². The molecular formula is C41H44N12O6.